The monoisotopic (exact) mass is 338 g/mol. The lowest BCUT2D eigenvalue weighted by Gasteiger charge is -2.17. The van der Waals surface area contributed by atoms with Crippen molar-refractivity contribution in [3.63, 3.8) is 0 Å². The van der Waals surface area contributed by atoms with E-state index in [1.165, 1.54) is 0 Å². The van der Waals surface area contributed by atoms with Gasteiger partial charge in [0.15, 0.2) is 0 Å². The SMILES string of the molecule is COc1cccc(CCC(=O)NCCN2C(=O)Cc3ccccc32)c1. The Hall–Kier alpha value is -2.82. The molecule has 0 spiro atoms. The zero-order chi connectivity index (χ0) is 17.6. The molecule has 1 heterocycles. The number of methoxy groups -OCH3 is 1. The molecule has 0 radical (unpaired) electrons. The number of carbonyl (C=O) groups is 2. The third kappa shape index (κ3) is 4.18. The van der Waals surface area contributed by atoms with Crippen LogP contribution in [0.3, 0.4) is 0 Å². The molecule has 1 N–H and O–H groups in total. The summed E-state index contributed by atoms with van der Waals surface area (Å²) in [7, 11) is 1.63. The number of hydrogen-bond donors (Lipinski definition) is 1. The Morgan fingerprint density at radius 3 is 2.88 bits per heavy atom. The Labute approximate surface area is 147 Å². The van der Waals surface area contributed by atoms with E-state index in [2.05, 4.69) is 5.32 Å². The summed E-state index contributed by atoms with van der Waals surface area (Å²) in [5, 5.41) is 2.90. The molecular formula is C20H22N2O3. The standard InChI is InChI=1S/C20H22N2O3/c1-25-17-7-4-5-15(13-17)9-10-19(23)21-11-12-22-18-8-3-2-6-16(18)14-20(22)24/h2-8,13H,9-12,14H2,1H3,(H,21,23). The summed E-state index contributed by atoms with van der Waals surface area (Å²) in [6.45, 7) is 0.956. The first-order valence-corrected chi connectivity index (χ1v) is 8.45. The molecule has 2 aromatic rings. The molecule has 0 fully saturated rings. The predicted molar refractivity (Wildman–Crippen MR) is 96.8 cm³/mol. The molecule has 130 valence electrons. The summed E-state index contributed by atoms with van der Waals surface area (Å²) in [6.07, 6.45) is 1.52. The maximum Gasteiger partial charge on any atom is 0.231 e. The lowest BCUT2D eigenvalue weighted by Crippen LogP contribution is -2.36. The van der Waals surface area contributed by atoms with Crippen LogP contribution >= 0.6 is 0 Å². The Balaban J connectivity index is 1.44. The average Bonchev–Trinajstić information content (AvgIpc) is 2.96. The molecule has 0 bridgehead atoms. The van der Waals surface area contributed by atoms with Gasteiger partial charge in [-0.05, 0) is 35.7 Å². The minimum atomic E-state index is -0.0113. The van der Waals surface area contributed by atoms with Crippen LogP contribution in [0.5, 0.6) is 5.75 Å². The molecule has 3 rings (SSSR count). The highest BCUT2D eigenvalue weighted by molar-refractivity contribution is 6.01. The van der Waals surface area contributed by atoms with Crippen molar-refractivity contribution in [2.24, 2.45) is 0 Å². The van der Waals surface area contributed by atoms with E-state index < -0.39 is 0 Å². The van der Waals surface area contributed by atoms with E-state index in [1.54, 1.807) is 12.0 Å². The highest BCUT2D eigenvalue weighted by atomic mass is 16.5. The molecule has 2 aromatic carbocycles. The Kier molecular flexibility index (Phi) is 5.33. The highest BCUT2D eigenvalue weighted by Gasteiger charge is 2.26. The van der Waals surface area contributed by atoms with Crippen molar-refractivity contribution in [2.45, 2.75) is 19.3 Å². The smallest absolute Gasteiger partial charge is 0.231 e. The second-order valence-electron chi connectivity index (χ2n) is 6.05. The molecular weight excluding hydrogens is 316 g/mol. The van der Waals surface area contributed by atoms with Crippen molar-refractivity contribution >= 4 is 17.5 Å². The molecule has 1 aliphatic heterocycles. The van der Waals surface area contributed by atoms with Gasteiger partial charge in [0.1, 0.15) is 5.75 Å². The number of nitrogens with one attached hydrogen (secondary N) is 1. The van der Waals surface area contributed by atoms with E-state index in [0.29, 0.717) is 32.4 Å². The quantitative estimate of drug-likeness (QED) is 0.843. The van der Waals surface area contributed by atoms with E-state index >= 15 is 0 Å². The van der Waals surface area contributed by atoms with Gasteiger partial charge in [-0.3, -0.25) is 9.59 Å². The number of nitrogens with zero attached hydrogens (tertiary/aromatic N) is 1. The lowest BCUT2D eigenvalue weighted by molar-refractivity contribution is -0.121. The number of benzene rings is 2. The zero-order valence-electron chi connectivity index (χ0n) is 14.3. The summed E-state index contributed by atoms with van der Waals surface area (Å²) < 4.78 is 5.18. The van der Waals surface area contributed by atoms with Crippen molar-refractivity contribution in [3.8, 4) is 5.75 Å². The second-order valence-corrected chi connectivity index (χ2v) is 6.05. The fourth-order valence-corrected chi connectivity index (χ4v) is 3.04. The van der Waals surface area contributed by atoms with Gasteiger partial charge in [-0.1, -0.05) is 30.3 Å². The van der Waals surface area contributed by atoms with Gasteiger partial charge in [0.2, 0.25) is 11.8 Å². The van der Waals surface area contributed by atoms with Crippen LogP contribution in [0.2, 0.25) is 0 Å². The lowest BCUT2D eigenvalue weighted by atomic mass is 10.1. The molecule has 0 saturated heterocycles. The third-order valence-electron chi connectivity index (χ3n) is 4.36. The minimum absolute atomic E-state index is 0.0113. The molecule has 0 unspecified atom stereocenters. The van der Waals surface area contributed by atoms with Gasteiger partial charge in [-0.2, -0.15) is 0 Å². The minimum Gasteiger partial charge on any atom is -0.497 e. The van der Waals surface area contributed by atoms with Crippen LogP contribution in [0.1, 0.15) is 17.5 Å². The maximum atomic E-state index is 12.1. The number of para-hydroxylation sites is 1. The van der Waals surface area contributed by atoms with Crippen LogP contribution in [0, 0.1) is 0 Å². The maximum absolute atomic E-state index is 12.1. The van der Waals surface area contributed by atoms with Gasteiger partial charge in [-0.15, -0.1) is 0 Å². The van der Waals surface area contributed by atoms with Gasteiger partial charge in [0.25, 0.3) is 0 Å². The van der Waals surface area contributed by atoms with E-state index in [4.69, 9.17) is 4.74 Å². The molecule has 1 aliphatic rings. The van der Waals surface area contributed by atoms with Gasteiger partial charge in [-0.25, -0.2) is 0 Å². The average molecular weight is 338 g/mol. The number of anilines is 1. The summed E-state index contributed by atoms with van der Waals surface area (Å²) in [5.41, 5.74) is 3.08. The van der Waals surface area contributed by atoms with E-state index in [1.807, 2.05) is 48.5 Å². The third-order valence-corrected chi connectivity index (χ3v) is 4.36. The molecule has 0 atom stereocenters. The predicted octanol–water partition coefficient (Wildman–Crippen LogP) is 2.33. The fourth-order valence-electron chi connectivity index (χ4n) is 3.04. The van der Waals surface area contributed by atoms with Crippen molar-refractivity contribution in [1.82, 2.24) is 5.32 Å². The van der Waals surface area contributed by atoms with Gasteiger partial charge >= 0.3 is 0 Å². The van der Waals surface area contributed by atoms with Crippen LogP contribution in [0.4, 0.5) is 5.69 Å². The molecule has 0 aliphatic carbocycles. The Morgan fingerprint density at radius 1 is 1.20 bits per heavy atom. The van der Waals surface area contributed by atoms with E-state index in [-0.39, 0.29) is 11.8 Å². The van der Waals surface area contributed by atoms with Crippen LogP contribution in [-0.2, 0) is 22.4 Å². The van der Waals surface area contributed by atoms with Gasteiger partial charge in [0, 0.05) is 25.2 Å². The topological polar surface area (TPSA) is 58.6 Å². The number of hydrogen-bond acceptors (Lipinski definition) is 3. The van der Waals surface area contributed by atoms with Gasteiger partial charge in [0.05, 0.1) is 13.5 Å². The first-order chi connectivity index (χ1) is 12.2. The summed E-state index contributed by atoms with van der Waals surface area (Å²) >= 11 is 0. The summed E-state index contributed by atoms with van der Waals surface area (Å²) in [6, 6.07) is 15.5. The van der Waals surface area contributed by atoms with Crippen molar-refractivity contribution in [3.05, 3.63) is 59.7 Å². The van der Waals surface area contributed by atoms with Crippen LogP contribution < -0.4 is 15.0 Å². The number of ether oxygens (including phenoxy) is 1. The first kappa shape index (κ1) is 17.0. The molecule has 0 aromatic heterocycles. The zero-order valence-corrected chi connectivity index (χ0v) is 14.3. The van der Waals surface area contributed by atoms with E-state index in [0.717, 1.165) is 22.6 Å². The molecule has 5 nitrogen and oxygen atoms in total. The summed E-state index contributed by atoms with van der Waals surface area (Å²) in [4.78, 5) is 25.9. The highest BCUT2D eigenvalue weighted by Crippen LogP contribution is 2.27. The number of carbonyl (C=O) groups excluding carboxylic acids is 2. The van der Waals surface area contributed by atoms with Crippen LogP contribution in [0.25, 0.3) is 0 Å². The number of rotatable bonds is 7. The first-order valence-electron chi connectivity index (χ1n) is 8.45. The molecule has 0 saturated carbocycles. The fraction of sp³-hybridized carbons (Fsp3) is 0.300. The molecule has 25 heavy (non-hydrogen) atoms. The Morgan fingerprint density at radius 2 is 2.04 bits per heavy atom. The van der Waals surface area contributed by atoms with Gasteiger partial charge < -0.3 is 15.0 Å². The van der Waals surface area contributed by atoms with Crippen molar-refractivity contribution < 1.29 is 14.3 Å². The second kappa shape index (κ2) is 7.83. The summed E-state index contributed by atoms with van der Waals surface area (Å²) in [5.74, 6) is 0.874. The largest absolute Gasteiger partial charge is 0.497 e. The van der Waals surface area contributed by atoms with Crippen LogP contribution in [-0.4, -0.2) is 32.0 Å². The number of amides is 2. The molecule has 5 heteroatoms. The Bertz CT molecular complexity index is 773. The van der Waals surface area contributed by atoms with Crippen molar-refractivity contribution in [2.75, 3.05) is 25.1 Å². The number of aryl methyl sites for hydroxylation is 1. The normalized spacial score (nSPS) is 12.8. The molecule has 2 amide bonds. The van der Waals surface area contributed by atoms with Crippen molar-refractivity contribution in [1.29, 1.82) is 0 Å². The van der Waals surface area contributed by atoms with Crippen LogP contribution in [0.15, 0.2) is 48.5 Å². The van der Waals surface area contributed by atoms with E-state index in [9.17, 15) is 9.59 Å². The number of fused-ring (bicyclic) bond motifs is 1.